The second kappa shape index (κ2) is 7.67. The average Bonchev–Trinajstić information content (AvgIpc) is 2.89. The maximum Gasteiger partial charge on any atom is 0.327 e. The minimum atomic E-state index is -4.24. The lowest BCUT2D eigenvalue weighted by molar-refractivity contribution is -0.142. The molecule has 1 aromatic carbocycles. The van der Waals surface area contributed by atoms with E-state index in [0.717, 1.165) is 12.8 Å². The monoisotopic (exact) mass is 389 g/mol. The Balaban J connectivity index is 2.54. The predicted molar refractivity (Wildman–Crippen MR) is 97.8 cm³/mol. The maximum absolute atomic E-state index is 13.1. The largest absolute Gasteiger partial charge is 0.464 e. The third-order valence-electron chi connectivity index (χ3n) is 5.52. The van der Waals surface area contributed by atoms with Crippen LogP contribution in [0, 0.1) is 28.1 Å². The number of nitriles is 2. The molecular formula is C19H23N3O4S. The summed E-state index contributed by atoms with van der Waals surface area (Å²) in [7, 11) is -4.24. The van der Waals surface area contributed by atoms with Crippen LogP contribution in [-0.2, 0) is 19.6 Å². The van der Waals surface area contributed by atoms with E-state index in [0.29, 0.717) is 12.8 Å². The SMILES string of the molecule is CCCCC1(CC)COC(=O)C1(C)NS(=O)(=O)c1cccc(C#N)c1C#N. The Morgan fingerprint density at radius 1 is 1.26 bits per heavy atom. The molecule has 7 nitrogen and oxygen atoms in total. The molecule has 1 aliphatic rings. The molecule has 0 aromatic heterocycles. The smallest absolute Gasteiger partial charge is 0.327 e. The Hall–Kier alpha value is -2.42. The van der Waals surface area contributed by atoms with Gasteiger partial charge in [-0.05, 0) is 31.9 Å². The Morgan fingerprint density at radius 2 is 1.96 bits per heavy atom. The van der Waals surface area contributed by atoms with Gasteiger partial charge in [0.25, 0.3) is 0 Å². The summed E-state index contributed by atoms with van der Waals surface area (Å²) in [5.41, 5.74) is -2.40. The van der Waals surface area contributed by atoms with E-state index in [1.807, 2.05) is 19.9 Å². The normalized spacial score (nSPS) is 24.9. The minimum absolute atomic E-state index is 0.0349. The maximum atomic E-state index is 13.1. The minimum Gasteiger partial charge on any atom is -0.464 e. The fourth-order valence-electron chi connectivity index (χ4n) is 3.62. The van der Waals surface area contributed by atoms with Crippen LogP contribution in [-0.4, -0.2) is 26.5 Å². The lowest BCUT2D eigenvalue weighted by Gasteiger charge is -2.39. The zero-order valence-corrected chi connectivity index (χ0v) is 16.5. The van der Waals surface area contributed by atoms with Crippen molar-refractivity contribution < 1.29 is 17.9 Å². The van der Waals surface area contributed by atoms with E-state index in [4.69, 9.17) is 10.00 Å². The molecule has 1 aliphatic heterocycles. The van der Waals surface area contributed by atoms with Crippen molar-refractivity contribution in [1.82, 2.24) is 4.72 Å². The van der Waals surface area contributed by atoms with Gasteiger partial charge in [-0.3, -0.25) is 4.79 Å². The van der Waals surface area contributed by atoms with Gasteiger partial charge in [-0.15, -0.1) is 0 Å². The summed E-state index contributed by atoms with van der Waals surface area (Å²) in [6.07, 6.45) is 2.92. The Labute approximate surface area is 160 Å². The van der Waals surface area contributed by atoms with Crippen molar-refractivity contribution in [3.8, 4) is 12.1 Å². The zero-order valence-electron chi connectivity index (χ0n) is 15.7. The summed E-state index contributed by atoms with van der Waals surface area (Å²) in [5, 5.41) is 18.5. The van der Waals surface area contributed by atoms with Gasteiger partial charge in [-0.25, -0.2) is 8.42 Å². The van der Waals surface area contributed by atoms with Crippen LogP contribution in [0.4, 0.5) is 0 Å². The highest BCUT2D eigenvalue weighted by molar-refractivity contribution is 7.89. The van der Waals surface area contributed by atoms with E-state index >= 15 is 0 Å². The van der Waals surface area contributed by atoms with E-state index in [9.17, 15) is 18.5 Å². The first kappa shape index (κ1) is 20.9. The number of nitrogens with zero attached hydrogens (tertiary/aromatic N) is 2. The molecule has 0 spiro atoms. The quantitative estimate of drug-likeness (QED) is 0.716. The van der Waals surface area contributed by atoms with Crippen molar-refractivity contribution in [2.45, 2.75) is 56.9 Å². The molecule has 0 bridgehead atoms. The first-order chi connectivity index (χ1) is 12.7. The fourth-order valence-corrected chi connectivity index (χ4v) is 5.25. The molecule has 1 fully saturated rings. The van der Waals surface area contributed by atoms with Gasteiger partial charge in [0.05, 0.1) is 17.7 Å². The van der Waals surface area contributed by atoms with Crippen LogP contribution in [0.25, 0.3) is 0 Å². The summed E-state index contributed by atoms with van der Waals surface area (Å²) in [4.78, 5) is 12.2. The van der Waals surface area contributed by atoms with Crippen molar-refractivity contribution in [3.63, 3.8) is 0 Å². The van der Waals surface area contributed by atoms with Crippen LogP contribution >= 0.6 is 0 Å². The first-order valence-corrected chi connectivity index (χ1v) is 10.3. The van der Waals surface area contributed by atoms with Gasteiger partial charge in [-0.2, -0.15) is 15.2 Å². The van der Waals surface area contributed by atoms with E-state index in [-0.39, 0.29) is 22.6 Å². The number of sulfonamides is 1. The highest BCUT2D eigenvalue weighted by Gasteiger charge is 2.60. The van der Waals surface area contributed by atoms with Gasteiger partial charge in [0, 0.05) is 5.41 Å². The number of benzene rings is 1. The van der Waals surface area contributed by atoms with Gasteiger partial charge in [-0.1, -0.05) is 32.8 Å². The molecule has 144 valence electrons. The second-order valence-electron chi connectivity index (χ2n) is 6.95. The van der Waals surface area contributed by atoms with Gasteiger partial charge in [0.2, 0.25) is 10.0 Å². The van der Waals surface area contributed by atoms with Crippen LogP contribution in [0.2, 0.25) is 0 Å². The van der Waals surface area contributed by atoms with E-state index in [1.165, 1.54) is 18.2 Å². The van der Waals surface area contributed by atoms with Crippen molar-refractivity contribution in [3.05, 3.63) is 29.3 Å². The van der Waals surface area contributed by atoms with E-state index in [2.05, 4.69) is 4.72 Å². The number of hydrogen-bond donors (Lipinski definition) is 1. The van der Waals surface area contributed by atoms with Gasteiger partial charge < -0.3 is 4.74 Å². The van der Waals surface area contributed by atoms with E-state index in [1.54, 1.807) is 13.0 Å². The molecule has 0 aliphatic carbocycles. The third-order valence-corrected chi connectivity index (χ3v) is 7.12. The molecule has 8 heteroatoms. The molecule has 0 saturated carbocycles. The lowest BCUT2D eigenvalue weighted by Crippen LogP contribution is -2.59. The molecule has 2 unspecified atom stereocenters. The molecule has 1 aromatic rings. The van der Waals surface area contributed by atoms with Crippen LogP contribution in [0.1, 0.15) is 57.6 Å². The van der Waals surface area contributed by atoms with Crippen LogP contribution in [0.3, 0.4) is 0 Å². The van der Waals surface area contributed by atoms with Crippen molar-refractivity contribution in [2.24, 2.45) is 5.41 Å². The van der Waals surface area contributed by atoms with Crippen LogP contribution in [0.5, 0.6) is 0 Å². The molecule has 1 N–H and O–H groups in total. The summed E-state index contributed by atoms with van der Waals surface area (Å²) < 4.78 is 34.0. The van der Waals surface area contributed by atoms with Gasteiger partial charge >= 0.3 is 5.97 Å². The lowest BCUT2D eigenvalue weighted by atomic mass is 9.68. The summed E-state index contributed by atoms with van der Waals surface area (Å²) in [6.45, 7) is 5.61. The number of cyclic esters (lactones) is 1. The second-order valence-corrected chi connectivity index (χ2v) is 8.60. The molecule has 2 atom stereocenters. The highest BCUT2D eigenvalue weighted by atomic mass is 32.2. The summed E-state index contributed by atoms with van der Waals surface area (Å²) in [5.74, 6) is -0.626. The molecule has 27 heavy (non-hydrogen) atoms. The Kier molecular flexibility index (Phi) is 5.94. The number of esters is 1. The number of carbonyl (C=O) groups excluding carboxylic acids is 1. The molecular weight excluding hydrogens is 366 g/mol. The van der Waals surface area contributed by atoms with Crippen LogP contribution < -0.4 is 4.72 Å². The van der Waals surface area contributed by atoms with Crippen molar-refractivity contribution in [1.29, 1.82) is 10.5 Å². The summed E-state index contributed by atoms with van der Waals surface area (Å²) >= 11 is 0. The number of rotatable bonds is 7. The molecule has 1 heterocycles. The first-order valence-electron chi connectivity index (χ1n) is 8.85. The Morgan fingerprint density at radius 3 is 2.52 bits per heavy atom. The third kappa shape index (κ3) is 3.43. The number of nitrogens with one attached hydrogen (secondary N) is 1. The molecule has 0 amide bonds. The number of hydrogen-bond acceptors (Lipinski definition) is 6. The highest BCUT2D eigenvalue weighted by Crippen LogP contribution is 2.46. The molecule has 1 saturated heterocycles. The van der Waals surface area contributed by atoms with Gasteiger partial charge in [0.1, 0.15) is 22.6 Å². The molecule has 0 radical (unpaired) electrons. The predicted octanol–water partition coefficient (Wildman–Crippen LogP) is 2.61. The average molecular weight is 389 g/mol. The van der Waals surface area contributed by atoms with E-state index < -0.39 is 26.9 Å². The standard InChI is InChI=1S/C19H23N3O4S/c1-4-6-10-19(5-2)13-26-17(23)18(19,3)22-27(24,25)16-9-7-8-14(11-20)15(16)12-21/h7-9,22H,4-6,10,13H2,1-3H3. The summed E-state index contributed by atoms with van der Waals surface area (Å²) in [6, 6.07) is 7.63. The number of carbonyl (C=O) groups is 1. The van der Waals surface area contributed by atoms with Crippen LogP contribution in [0.15, 0.2) is 23.1 Å². The van der Waals surface area contributed by atoms with Crippen molar-refractivity contribution in [2.75, 3.05) is 6.61 Å². The Bertz CT molecular complexity index is 929. The number of ether oxygens (including phenoxy) is 1. The van der Waals surface area contributed by atoms with Gasteiger partial charge in [0.15, 0.2) is 0 Å². The fraction of sp³-hybridized carbons (Fsp3) is 0.526. The number of unbranched alkanes of at least 4 members (excludes halogenated alkanes) is 1. The topological polar surface area (TPSA) is 120 Å². The zero-order chi connectivity index (χ0) is 20.3. The van der Waals surface area contributed by atoms with Crippen molar-refractivity contribution >= 4 is 16.0 Å². The molecule has 2 rings (SSSR count).